The molecule has 14 heavy (non-hydrogen) atoms. The van der Waals surface area contributed by atoms with Gasteiger partial charge in [-0.2, -0.15) is 0 Å². The van der Waals surface area contributed by atoms with E-state index >= 15 is 0 Å². The van der Waals surface area contributed by atoms with E-state index in [0.717, 1.165) is 18.0 Å². The summed E-state index contributed by atoms with van der Waals surface area (Å²) in [6.45, 7) is 8.10. The Kier molecular flexibility index (Phi) is 4.62. The molecule has 0 saturated heterocycles. The molecule has 1 aromatic rings. The molecule has 0 spiro atoms. The summed E-state index contributed by atoms with van der Waals surface area (Å²) in [5, 5.41) is 7.19. The quantitative estimate of drug-likeness (QED) is 0.756. The van der Waals surface area contributed by atoms with E-state index in [-0.39, 0.29) is 0 Å². The zero-order valence-electron chi connectivity index (χ0n) is 9.04. The largest absolute Gasteiger partial charge is 0.374 e. The maximum Gasteiger partial charge on any atom is 0.162 e. The van der Waals surface area contributed by atoms with Crippen molar-refractivity contribution in [2.24, 2.45) is 0 Å². The normalized spacial score (nSPS) is 11.1. The van der Waals surface area contributed by atoms with Gasteiger partial charge in [0.1, 0.15) is 6.61 Å². The topological polar surface area (TPSA) is 47.3 Å². The average molecular weight is 198 g/mol. The molecule has 4 heteroatoms. The smallest absolute Gasteiger partial charge is 0.162 e. The molecule has 0 aromatic carbocycles. The fourth-order valence-electron chi connectivity index (χ4n) is 1.02. The van der Waals surface area contributed by atoms with Crippen molar-refractivity contribution in [3.63, 3.8) is 0 Å². The number of aromatic nitrogens is 1. The van der Waals surface area contributed by atoms with Crippen LogP contribution < -0.4 is 5.32 Å². The number of ether oxygens (including phenoxy) is 1. The van der Waals surface area contributed by atoms with Gasteiger partial charge in [-0.05, 0) is 6.92 Å². The molecule has 1 heterocycles. The number of rotatable bonds is 6. The summed E-state index contributed by atoms with van der Waals surface area (Å²) in [4.78, 5) is 0. The van der Waals surface area contributed by atoms with E-state index in [2.05, 4.69) is 24.3 Å². The molecular formula is C10H18N2O2. The predicted octanol–water partition coefficient (Wildman–Crippen LogP) is 1.71. The van der Waals surface area contributed by atoms with E-state index in [1.165, 1.54) is 0 Å². The summed E-state index contributed by atoms with van der Waals surface area (Å²) < 4.78 is 10.3. The van der Waals surface area contributed by atoms with Crippen LogP contribution in [0.15, 0.2) is 10.6 Å². The van der Waals surface area contributed by atoms with Crippen molar-refractivity contribution < 1.29 is 9.26 Å². The Morgan fingerprint density at radius 1 is 1.57 bits per heavy atom. The summed E-state index contributed by atoms with van der Waals surface area (Å²) >= 11 is 0. The molecule has 0 saturated carbocycles. The first-order valence-corrected chi connectivity index (χ1v) is 4.98. The zero-order valence-corrected chi connectivity index (χ0v) is 9.04. The molecule has 0 atom stereocenters. The first-order valence-electron chi connectivity index (χ1n) is 4.98. The van der Waals surface area contributed by atoms with Gasteiger partial charge in [-0.15, -0.1) is 0 Å². The fourth-order valence-corrected chi connectivity index (χ4v) is 1.02. The van der Waals surface area contributed by atoms with E-state index in [9.17, 15) is 0 Å². The van der Waals surface area contributed by atoms with Crippen LogP contribution in [0.4, 0.5) is 0 Å². The Balaban J connectivity index is 2.35. The zero-order chi connectivity index (χ0) is 10.4. The lowest BCUT2D eigenvalue weighted by atomic mass is 10.3. The van der Waals surface area contributed by atoms with Crippen molar-refractivity contribution in [1.82, 2.24) is 10.5 Å². The SMILES string of the molecule is CCOCc1cc(CNC(C)C)no1. The number of nitrogens with one attached hydrogen (secondary N) is 1. The van der Waals surface area contributed by atoms with E-state index in [4.69, 9.17) is 9.26 Å². The molecule has 0 radical (unpaired) electrons. The lowest BCUT2D eigenvalue weighted by Crippen LogP contribution is -2.21. The van der Waals surface area contributed by atoms with Crippen molar-refractivity contribution in [2.75, 3.05) is 6.61 Å². The molecule has 1 aromatic heterocycles. The molecule has 0 aliphatic heterocycles. The molecule has 1 N–H and O–H groups in total. The highest BCUT2D eigenvalue weighted by Gasteiger charge is 2.03. The molecule has 0 fully saturated rings. The lowest BCUT2D eigenvalue weighted by molar-refractivity contribution is 0.112. The third-order valence-electron chi connectivity index (χ3n) is 1.75. The lowest BCUT2D eigenvalue weighted by Gasteiger charge is -2.03. The van der Waals surface area contributed by atoms with Crippen molar-refractivity contribution in [2.45, 2.75) is 40.0 Å². The highest BCUT2D eigenvalue weighted by Crippen LogP contribution is 2.04. The maximum absolute atomic E-state index is 5.20. The van der Waals surface area contributed by atoms with Gasteiger partial charge in [0.15, 0.2) is 5.76 Å². The number of hydrogen-bond donors (Lipinski definition) is 1. The van der Waals surface area contributed by atoms with Crippen LogP contribution in [0.3, 0.4) is 0 Å². The van der Waals surface area contributed by atoms with Crippen molar-refractivity contribution in [3.05, 3.63) is 17.5 Å². The van der Waals surface area contributed by atoms with Gasteiger partial charge >= 0.3 is 0 Å². The second-order valence-electron chi connectivity index (χ2n) is 3.46. The Morgan fingerprint density at radius 3 is 3.00 bits per heavy atom. The summed E-state index contributed by atoms with van der Waals surface area (Å²) in [7, 11) is 0. The van der Waals surface area contributed by atoms with Crippen LogP contribution in [0, 0.1) is 0 Å². The molecule has 0 unspecified atom stereocenters. The average Bonchev–Trinajstić information content (AvgIpc) is 2.59. The van der Waals surface area contributed by atoms with Gasteiger partial charge in [0.25, 0.3) is 0 Å². The Labute approximate surface area is 84.6 Å². The van der Waals surface area contributed by atoms with E-state index in [1.54, 1.807) is 0 Å². The van der Waals surface area contributed by atoms with E-state index in [0.29, 0.717) is 19.3 Å². The third kappa shape index (κ3) is 3.89. The van der Waals surface area contributed by atoms with Crippen LogP contribution >= 0.6 is 0 Å². The van der Waals surface area contributed by atoms with Gasteiger partial charge in [0.05, 0.1) is 5.69 Å². The molecule has 4 nitrogen and oxygen atoms in total. The highest BCUT2D eigenvalue weighted by molar-refractivity contribution is 5.04. The van der Waals surface area contributed by atoms with E-state index in [1.807, 2.05) is 13.0 Å². The molecule has 1 rings (SSSR count). The molecule has 0 amide bonds. The summed E-state index contributed by atoms with van der Waals surface area (Å²) in [6.07, 6.45) is 0. The molecule has 0 aliphatic carbocycles. The van der Waals surface area contributed by atoms with Crippen molar-refractivity contribution >= 4 is 0 Å². The summed E-state index contributed by atoms with van der Waals surface area (Å²) in [6, 6.07) is 2.38. The van der Waals surface area contributed by atoms with Gasteiger partial charge in [-0.3, -0.25) is 0 Å². The maximum atomic E-state index is 5.20. The van der Waals surface area contributed by atoms with Crippen LogP contribution in [0.5, 0.6) is 0 Å². The van der Waals surface area contributed by atoms with Crippen LogP contribution in [0.1, 0.15) is 32.2 Å². The minimum Gasteiger partial charge on any atom is -0.374 e. The number of nitrogens with zero attached hydrogens (tertiary/aromatic N) is 1. The summed E-state index contributed by atoms with van der Waals surface area (Å²) in [5.41, 5.74) is 0.924. The van der Waals surface area contributed by atoms with Crippen LogP contribution in [0.25, 0.3) is 0 Å². The number of hydrogen-bond acceptors (Lipinski definition) is 4. The highest BCUT2D eigenvalue weighted by atomic mass is 16.5. The Morgan fingerprint density at radius 2 is 2.36 bits per heavy atom. The van der Waals surface area contributed by atoms with Crippen molar-refractivity contribution in [3.8, 4) is 0 Å². The second-order valence-corrected chi connectivity index (χ2v) is 3.46. The fraction of sp³-hybridized carbons (Fsp3) is 0.700. The first kappa shape index (κ1) is 11.2. The second kappa shape index (κ2) is 5.78. The van der Waals surface area contributed by atoms with E-state index < -0.39 is 0 Å². The van der Waals surface area contributed by atoms with Crippen LogP contribution in [-0.4, -0.2) is 17.8 Å². The Bertz CT molecular complexity index is 258. The van der Waals surface area contributed by atoms with Gasteiger partial charge in [-0.1, -0.05) is 19.0 Å². The Hall–Kier alpha value is -0.870. The molecular weight excluding hydrogens is 180 g/mol. The standard InChI is InChI=1S/C10H18N2O2/c1-4-13-7-10-5-9(12-14-10)6-11-8(2)3/h5,8,11H,4,6-7H2,1-3H3. The third-order valence-corrected chi connectivity index (χ3v) is 1.75. The monoisotopic (exact) mass is 198 g/mol. The predicted molar refractivity (Wildman–Crippen MR) is 53.8 cm³/mol. The van der Waals surface area contributed by atoms with Gasteiger partial charge in [0.2, 0.25) is 0 Å². The van der Waals surface area contributed by atoms with Crippen molar-refractivity contribution in [1.29, 1.82) is 0 Å². The summed E-state index contributed by atoms with van der Waals surface area (Å²) in [5.74, 6) is 0.785. The molecule has 0 bridgehead atoms. The first-order chi connectivity index (χ1) is 6.72. The van der Waals surface area contributed by atoms with Crippen LogP contribution in [0.2, 0.25) is 0 Å². The minimum absolute atomic E-state index is 0.460. The van der Waals surface area contributed by atoms with Crippen LogP contribution in [-0.2, 0) is 17.9 Å². The molecule has 80 valence electrons. The molecule has 0 aliphatic rings. The van der Waals surface area contributed by atoms with Gasteiger partial charge < -0.3 is 14.6 Å². The minimum atomic E-state index is 0.460. The van der Waals surface area contributed by atoms with Gasteiger partial charge in [0, 0.05) is 25.3 Å². The van der Waals surface area contributed by atoms with Gasteiger partial charge in [-0.25, -0.2) is 0 Å².